The number of nitrogens with zero attached hydrogens (tertiary/aromatic N) is 1. The van der Waals surface area contributed by atoms with Crippen LogP contribution < -0.4 is 0 Å². The molecule has 14 atom stereocenters. The highest BCUT2D eigenvalue weighted by Crippen LogP contribution is 2.89. The number of likely N-dealkylation sites (tertiary alicyclic amines) is 1. The topological polar surface area (TPSA) is 88.5 Å². The molecule has 0 aromatic carbocycles. The fourth-order valence-electron chi connectivity index (χ4n) is 13.7. The maximum atomic E-state index is 13.1. The maximum Gasteiger partial charge on any atom is 0.323 e. The Morgan fingerprint density at radius 1 is 1.05 bits per heavy atom. The highest BCUT2D eigenvalue weighted by Gasteiger charge is 2.84. The number of hydrogen-bond donors (Lipinski definition) is 2. The van der Waals surface area contributed by atoms with Crippen molar-refractivity contribution in [1.82, 2.24) is 4.90 Å². The van der Waals surface area contributed by atoms with Gasteiger partial charge in [0.1, 0.15) is 18.2 Å². The van der Waals surface area contributed by atoms with Crippen molar-refractivity contribution in [2.24, 2.45) is 50.7 Å². The van der Waals surface area contributed by atoms with Gasteiger partial charge in [-0.3, -0.25) is 9.69 Å². The minimum Gasteiger partial charge on any atom is -0.461 e. The van der Waals surface area contributed by atoms with Crippen molar-refractivity contribution in [2.45, 2.75) is 155 Å². The zero-order chi connectivity index (χ0) is 31.8. The van der Waals surface area contributed by atoms with Crippen LogP contribution in [0.15, 0.2) is 0 Å². The Balaban J connectivity index is 1.15. The lowest BCUT2D eigenvalue weighted by Crippen LogP contribution is -2.60. The fraction of sp³-hybridized carbons (Fsp3) is 0.973. The lowest BCUT2D eigenvalue weighted by Gasteiger charge is -2.63. The van der Waals surface area contributed by atoms with Crippen LogP contribution >= 0.6 is 0 Å². The number of carbonyl (C=O) groups excluding carboxylic acids is 1. The SMILES string of the molecule is CCOC(C1CC(C)C2C(O1)C(O)C1(C)C3CCC4C(C)(C)C(OC(=O)C5CCN5C)CCC45CC35CCC21C)C(C)(C)O. The molecular weight excluding hydrogens is 554 g/mol. The van der Waals surface area contributed by atoms with Gasteiger partial charge in [0.15, 0.2) is 0 Å². The summed E-state index contributed by atoms with van der Waals surface area (Å²) in [5.41, 5.74) is -0.734. The third-order valence-electron chi connectivity index (χ3n) is 16.0. The van der Waals surface area contributed by atoms with Crippen molar-refractivity contribution in [2.75, 3.05) is 20.2 Å². The van der Waals surface area contributed by atoms with E-state index in [0.717, 1.165) is 51.5 Å². The van der Waals surface area contributed by atoms with E-state index in [4.69, 9.17) is 14.2 Å². The third kappa shape index (κ3) is 3.88. The van der Waals surface area contributed by atoms with Crippen LogP contribution in [0.25, 0.3) is 0 Å². The first kappa shape index (κ1) is 31.8. The van der Waals surface area contributed by atoms with Crippen molar-refractivity contribution in [3.8, 4) is 0 Å². The number of fused-ring (bicyclic) bond motifs is 4. The fourth-order valence-corrected chi connectivity index (χ4v) is 13.7. The molecule has 7 fully saturated rings. The molecule has 7 aliphatic rings. The molecule has 250 valence electrons. The van der Waals surface area contributed by atoms with Gasteiger partial charge in [-0.25, -0.2) is 0 Å². The van der Waals surface area contributed by atoms with Gasteiger partial charge in [-0.15, -0.1) is 0 Å². The third-order valence-corrected chi connectivity index (χ3v) is 16.0. The van der Waals surface area contributed by atoms with E-state index in [9.17, 15) is 15.0 Å². The van der Waals surface area contributed by atoms with Gasteiger partial charge in [-0.1, -0.05) is 34.6 Å². The Morgan fingerprint density at radius 3 is 2.34 bits per heavy atom. The zero-order valence-electron chi connectivity index (χ0n) is 29.0. The zero-order valence-corrected chi connectivity index (χ0v) is 29.0. The molecular formula is C37H61NO6. The lowest BCUT2D eigenvalue weighted by atomic mass is 9.41. The Morgan fingerprint density at radius 2 is 1.73 bits per heavy atom. The highest BCUT2D eigenvalue weighted by molar-refractivity contribution is 5.77. The van der Waals surface area contributed by atoms with Crippen molar-refractivity contribution < 1.29 is 29.2 Å². The summed E-state index contributed by atoms with van der Waals surface area (Å²) in [6.07, 6.45) is 8.35. The number of esters is 1. The van der Waals surface area contributed by atoms with E-state index in [1.54, 1.807) is 0 Å². The van der Waals surface area contributed by atoms with Crippen LogP contribution in [-0.2, 0) is 19.0 Å². The first-order valence-corrected chi connectivity index (χ1v) is 18.1. The summed E-state index contributed by atoms with van der Waals surface area (Å²) in [4.78, 5) is 15.2. The minimum atomic E-state index is -1.02. The summed E-state index contributed by atoms with van der Waals surface area (Å²) in [7, 11) is 2.02. The van der Waals surface area contributed by atoms with Crippen LogP contribution in [0.5, 0.6) is 0 Å². The lowest BCUT2D eigenvalue weighted by molar-refractivity contribution is -0.215. The van der Waals surface area contributed by atoms with Gasteiger partial charge in [-0.05, 0) is 126 Å². The highest BCUT2D eigenvalue weighted by atomic mass is 16.6. The second kappa shape index (κ2) is 9.90. The molecule has 0 amide bonds. The molecule has 2 spiro atoms. The Hall–Kier alpha value is -0.730. The molecule has 2 aliphatic heterocycles. The van der Waals surface area contributed by atoms with E-state index < -0.39 is 17.8 Å². The van der Waals surface area contributed by atoms with Crippen molar-refractivity contribution in [3.63, 3.8) is 0 Å². The summed E-state index contributed by atoms with van der Waals surface area (Å²) >= 11 is 0. The predicted molar refractivity (Wildman–Crippen MR) is 169 cm³/mol. The van der Waals surface area contributed by atoms with E-state index >= 15 is 0 Å². The quantitative estimate of drug-likeness (QED) is 0.377. The molecule has 5 aliphatic carbocycles. The van der Waals surface area contributed by atoms with Crippen molar-refractivity contribution >= 4 is 5.97 Å². The molecule has 7 heteroatoms. The summed E-state index contributed by atoms with van der Waals surface area (Å²) < 4.78 is 19.4. The number of carbonyl (C=O) groups is 1. The minimum absolute atomic E-state index is 0.000889. The van der Waals surface area contributed by atoms with E-state index in [1.807, 2.05) is 27.8 Å². The van der Waals surface area contributed by atoms with Crippen LogP contribution in [0.3, 0.4) is 0 Å². The van der Waals surface area contributed by atoms with Gasteiger partial charge >= 0.3 is 5.97 Å². The Bertz CT molecular complexity index is 1170. The number of aliphatic hydroxyl groups is 2. The van der Waals surface area contributed by atoms with Gasteiger partial charge in [0.2, 0.25) is 0 Å². The van der Waals surface area contributed by atoms with Gasteiger partial charge < -0.3 is 24.4 Å². The van der Waals surface area contributed by atoms with E-state index in [-0.39, 0.29) is 52.0 Å². The maximum absolute atomic E-state index is 13.1. The number of aliphatic hydroxyl groups excluding tert-OH is 1. The predicted octanol–water partition coefficient (Wildman–Crippen LogP) is 5.59. The molecule has 2 heterocycles. The molecule has 7 nitrogen and oxygen atoms in total. The molecule has 7 rings (SSSR count). The average molecular weight is 616 g/mol. The number of rotatable bonds is 6. The summed E-state index contributed by atoms with van der Waals surface area (Å²) in [5, 5.41) is 23.5. The first-order valence-electron chi connectivity index (χ1n) is 18.1. The summed E-state index contributed by atoms with van der Waals surface area (Å²) in [5.74, 6) is 1.67. The van der Waals surface area contributed by atoms with Crippen molar-refractivity contribution in [3.05, 3.63) is 0 Å². The van der Waals surface area contributed by atoms with Gasteiger partial charge in [0.25, 0.3) is 0 Å². The first-order chi connectivity index (χ1) is 20.5. The standard InChI is InChI=1S/C37H61NO6/c1-10-42-30(33(5,6)41)23-19-21(2)27-28(43-23)29(39)35(8)25-12-11-24-32(3,4)26(44-31(40)22-14-18-38(22)9)13-15-36(24)20-37(25,36)17-16-34(27,35)7/h21-30,39,41H,10-20H2,1-9H3. The van der Waals surface area contributed by atoms with Crippen LogP contribution in [0.1, 0.15) is 113 Å². The monoisotopic (exact) mass is 615 g/mol. The molecule has 0 bridgehead atoms. The molecule has 5 saturated carbocycles. The van der Waals surface area contributed by atoms with E-state index in [2.05, 4.69) is 39.5 Å². The average Bonchev–Trinajstić information content (AvgIpc) is 3.56. The van der Waals surface area contributed by atoms with Crippen LogP contribution in [0.2, 0.25) is 0 Å². The van der Waals surface area contributed by atoms with Gasteiger partial charge in [0.05, 0.1) is 23.9 Å². The number of likely N-dealkylation sites (N-methyl/N-ethyl adjacent to an activating group) is 1. The molecule has 2 saturated heterocycles. The van der Waals surface area contributed by atoms with Gasteiger partial charge in [-0.2, -0.15) is 0 Å². The molecule has 44 heavy (non-hydrogen) atoms. The van der Waals surface area contributed by atoms with E-state index in [1.165, 1.54) is 12.8 Å². The second-order valence-corrected chi connectivity index (χ2v) is 18.3. The Labute approximate surface area is 266 Å². The molecule has 0 aromatic heterocycles. The normalized spacial score (nSPS) is 53.2. The Kier molecular flexibility index (Phi) is 7.17. The molecule has 0 aromatic rings. The molecule has 2 N–H and O–H groups in total. The van der Waals surface area contributed by atoms with Crippen molar-refractivity contribution in [1.29, 1.82) is 0 Å². The van der Waals surface area contributed by atoms with Crippen LogP contribution in [-0.4, -0.2) is 83.4 Å². The largest absolute Gasteiger partial charge is 0.461 e. The second-order valence-electron chi connectivity index (χ2n) is 18.3. The van der Waals surface area contributed by atoms with Crippen LogP contribution in [0, 0.1) is 50.7 Å². The smallest absolute Gasteiger partial charge is 0.323 e. The van der Waals surface area contributed by atoms with Gasteiger partial charge in [0, 0.05) is 24.0 Å². The molecule has 0 radical (unpaired) electrons. The van der Waals surface area contributed by atoms with E-state index in [0.29, 0.717) is 35.7 Å². The molecule has 14 unspecified atom stereocenters. The number of hydrogen-bond acceptors (Lipinski definition) is 7. The summed E-state index contributed by atoms with van der Waals surface area (Å²) in [6, 6.07) is -0.0653. The summed E-state index contributed by atoms with van der Waals surface area (Å²) in [6.45, 7) is 19.2. The van der Waals surface area contributed by atoms with Crippen LogP contribution in [0.4, 0.5) is 0 Å². The number of ether oxygens (including phenoxy) is 3.